The van der Waals surface area contributed by atoms with E-state index in [4.69, 9.17) is 13.8 Å². The highest BCUT2D eigenvalue weighted by atomic mass is 16.4. The molecule has 4 heterocycles. The zero-order chi connectivity index (χ0) is 43.0. The molecule has 8 aromatic rings. The number of anilines is 6. The van der Waals surface area contributed by atoms with Crippen LogP contribution in [0.15, 0.2) is 130 Å². The maximum Gasteiger partial charge on any atom is 0.279 e. The topological polar surface area (TPSA) is 45.7 Å². The van der Waals surface area contributed by atoms with Crippen LogP contribution in [0.4, 0.5) is 34.3 Å². The van der Waals surface area contributed by atoms with Crippen molar-refractivity contribution in [3.63, 3.8) is 0 Å². The minimum Gasteiger partial charge on any atom is -0.456 e. The first kappa shape index (κ1) is 39.2. The van der Waals surface area contributed by atoms with Crippen molar-refractivity contribution in [2.24, 2.45) is 0 Å². The SMILES string of the molecule is CC(C)(C)c1ccc(N2c3ccc(C(C)(C)C)cc3B3c4nc(-c5ccc6oc7ccc(C(C)(C)C)cc7c6c5)oc4N(c4ccc(C(C)(C)C)cc4)c4cccc2c43)cc1. The molecule has 6 aromatic carbocycles. The number of hydrogen-bond acceptors (Lipinski definition) is 5. The molecule has 0 unspecified atom stereocenters. The fourth-order valence-corrected chi connectivity index (χ4v) is 9.29. The number of rotatable bonds is 3. The number of furan rings is 1. The van der Waals surface area contributed by atoms with E-state index in [0.717, 1.165) is 67.4 Å². The summed E-state index contributed by atoms with van der Waals surface area (Å²) in [6, 6.07) is 44.8. The summed E-state index contributed by atoms with van der Waals surface area (Å²) in [6.45, 7) is 27.1. The van der Waals surface area contributed by atoms with E-state index in [1.165, 1.54) is 33.2 Å². The highest BCUT2D eigenvalue weighted by Gasteiger charge is 2.47. The van der Waals surface area contributed by atoms with Crippen LogP contribution in [-0.4, -0.2) is 11.7 Å². The predicted octanol–water partition coefficient (Wildman–Crippen LogP) is 13.5. The molecule has 10 rings (SSSR count). The van der Waals surface area contributed by atoms with Crippen molar-refractivity contribution in [3.05, 3.63) is 144 Å². The lowest BCUT2D eigenvalue weighted by Crippen LogP contribution is -2.61. The molecule has 0 radical (unpaired) electrons. The second-order valence-corrected chi connectivity index (χ2v) is 21.4. The fourth-order valence-electron chi connectivity index (χ4n) is 9.29. The molecule has 0 amide bonds. The van der Waals surface area contributed by atoms with Gasteiger partial charge >= 0.3 is 0 Å². The Bertz CT molecular complexity index is 3020. The molecule has 0 N–H and O–H groups in total. The monoisotopic (exact) mass is 801 g/mol. The van der Waals surface area contributed by atoms with Crippen molar-refractivity contribution >= 4 is 79.5 Å². The molecule has 61 heavy (non-hydrogen) atoms. The van der Waals surface area contributed by atoms with E-state index in [1.807, 2.05) is 0 Å². The van der Waals surface area contributed by atoms with E-state index in [2.05, 4.69) is 214 Å². The molecule has 0 fully saturated rings. The molecular weight excluding hydrogens is 745 g/mol. The summed E-state index contributed by atoms with van der Waals surface area (Å²) in [7, 11) is 0. The number of benzene rings is 6. The molecule has 5 nitrogen and oxygen atoms in total. The summed E-state index contributed by atoms with van der Waals surface area (Å²) >= 11 is 0. The van der Waals surface area contributed by atoms with Gasteiger partial charge in [0.05, 0.1) is 5.59 Å². The zero-order valence-corrected chi connectivity index (χ0v) is 37.8. The quantitative estimate of drug-likeness (QED) is 0.167. The number of nitrogens with zero attached hydrogens (tertiary/aromatic N) is 3. The van der Waals surface area contributed by atoms with Crippen molar-refractivity contribution in [2.75, 3.05) is 9.80 Å². The molecule has 0 aliphatic carbocycles. The molecule has 2 aliphatic heterocycles. The molecule has 0 bridgehead atoms. The molecule has 0 atom stereocenters. The summed E-state index contributed by atoms with van der Waals surface area (Å²) in [5, 5.41) is 2.16. The molecule has 0 saturated carbocycles. The van der Waals surface area contributed by atoms with Crippen molar-refractivity contribution in [3.8, 4) is 11.5 Å². The van der Waals surface area contributed by atoms with E-state index >= 15 is 0 Å². The van der Waals surface area contributed by atoms with Gasteiger partial charge in [-0.1, -0.05) is 132 Å². The number of oxazole rings is 1. The van der Waals surface area contributed by atoms with Gasteiger partial charge in [0, 0.05) is 44.8 Å². The van der Waals surface area contributed by atoms with Crippen molar-refractivity contribution in [2.45, 2.75) is 105 Å². The molecule has 0 saturated heterocycles. The molecule has 0 spiro atoms. The maximum absolute atomic E-state index is 7.16. The van der Waals surface area contributed by atoms with Gasteiger partial charge in [-0.15, -0.1) is 0 Å². The van der Waals surface area contributed by atoms with Crippen LogP contribution >= 0.6 is 0 Å². The van der Waals surface area contributed by atoms with Gasteiger partial charge in [-0.05, 0) is 128 Å². The van der Waals surface area contributed by atoms with Gasteiger partial charge in [-0.25, -0.2) is 4.98 Å². The first-order valence-electron chi connectivity index (χ1n) is 21.8. The van der Waals surface area contributed by atoms with E-state index in [-0.39, 0.29) is 28.4 Å². The Kier molecular flexibility index (Phi) is 8.50. The Labute approximate surface area is 361 Å². The van der Waals surface area contributed by atoms with Crippen molar-refractivity contribution in [1.82, 2.24) is 4.98 Å². The lowest BCUT2D eigenvalue weighted by atomic mass is 9.35. The van der Waals surface area contributed by atoms with Crippen LogP contribution in [0, 0.1) is 0 Å². The predicted molar refractivity (Wildman–Crippen MR) is 258 cm³/mol. The average Bonchev–Trinajstić information content (AvgIpc) is 3.81. The summed E-state index contributed by atoms with van der Waals surface area (Å²) in [5.74, 6) is 1.34. The van der Waals surface area contributed by atoms with Crippen LogP contribution in [0.3, 0.4) is 0 Å². The Balaban J connectivity index is 1.22. The highest BCUT2D eigenvalue weighted by molar-refractivity contribution is 6.99. The van der Waals surface area contributed by atoms with Gasteiger partial charge in [-0.2, -0.15) is 0 Å². The Morgan fingerprint density at radius 3 is 1.54 bits per heavy atom. The van der Waals surface area contributed by atoms with E-state index in [9.17, 15) is 0 Å². The van der Waals surface area contributed by atoms with Gasteiger partial charge in [0.15, 0.2) is 0 Å². The molecule has 2 aliphatic rings. The zero-order valence-electron chi connectivity index (χ0n) is 37.8. The minimum atomic E-state index is -0.168. The van der Waals surface area contributed by atoms with Gasteiger partial charge in [0.1, 0.15) is 11.2 Å². The number of fused-ring (bicyclic) bond motifs is 7. The van der Waals surface area contributed by atoms with Gasteiger partial charge in [0.25, 0.3) is 6.71 Å². The van der Waals surface area contributed by atoms with Gasteiger partial charge in [0.2, 0.25) is 11.8 Å². The summed E-state index contributed by atoms with van der Waals surface area (Å²) < 4.78 is 13.5. The van der Waals surface area contributed by atoms with Gasteiger partial charge in [-0.3, -0.25) is 4.90 Å². The largest absolute Gasteiger partial charge is 0.456 e. The van der Waals surface area contributed by atoms with Crippen molar-refractivity contribution < 1.29 is 8.83 Å². The van der Waals surface area contributed by atoms with E-state index < -0.39 is 0 Å². The number of hydrogen-bond donors (Lipinski definition) is 0. The lowest BCUT2D eigenvalue weighted by Gasteiger charge is -2.42. The standard InChI is InChI=1S/C55H56BN3O2/c1-52(2,3)34-17-23-38(24-18-34)58-43-27-21-37(55(10,11)12)32-42(43)56-48-44(58)14-13-15-45(48)59(39-25-19-35(20-26-39)53(4,5)6)51-49(56)57-50(61-51)33-16-28-46-40(30-33)41-31-36(54(7,8)9)22-29-47(41)60-46/h13-32H,1-12H3. The van der Waals surface area contributed by atoms with Crippen LogP contribution in [0.2, 0.25) is 0 Å². The minimum absolute atomic E-state index is 0.00795. The van der Waals surface area contributed by atoms with Crippen LogP contribution in [-0.2, 0) is 21.7 Å². The smallest absolute Gasteiger partial charge is 0.279 e. The average molecular weight is 802 g/mol. The fraction of sp³-hybridized carbons (Fsp3) is 0.291. The highest BCUT2D eigenvalue weighted by Crippen LogP contribution is 2.46. The Morgan fingerprint density at radius 1 is 0.459 bits per heavy atom. The van der Waals surface area contributed by atoms with E-state index in [1.54, 1.807) is 0 Å². The Morgan fingerprint density at radius 2 is 0.951 bits per heavy atom. The van der Waals surface area contributed by atoms with Crippen molar-refractivity contribution in [1.29, 1.82) is 0 Å². The normalized spacial score (nSPS) is 14.1. The Hall–Kier alpha value is -6.01. The lowest BCUT2D eigenvalue weighted by molar-refractivity contribution is 0.581. The van der Waals surface area contributed by atoms with Gasteiger partial charge < -0.3 is 13.7 Å². The summed E-state index contributed by atoms with van der Waals surface area (Å²) in [5.41, 5.74) is 16.7. The first-order chi connectivity index (χ1) is 28.8. The van der Waals surface area contributed by atoms with Crippen LogP contribution in [0.5, 0.6) is 0 Å². The third kappa shape index (κ3) is 6.40. The molecule has 306 valence electrons. The number of aromatic nitrogens is 1. The molecule has 2 aromatic heterocycles. The van der Waals surface area contributed by atoms with Crippen LogP contribution in [0.1, 0.15) is 105 Å². The summed E-state index contributed by atoms with van der Waals surface area (Å²) in [6.07, 6.45) is 0. The summed E-state index contributed by atoms with van der Waals surface area (Å²) in [4.78, 5) is 10.3. The van der Waals surface area contributed by atoms with E-state index in [0.29, 0.717) is 5.89 Å². The second kappa shape index (κ2) is 13.2. The third-order valence-corrected chi connectivity index (χ3v) is 13.0. The van der Waals surface area contributed by atoms with Crippen LogP contribution < -0.4 is 26.3 Å². The third-order valence-electron chi connectivity index (χ3n) is 13.0. The van der Waals surface area contributed by atoms with Crippen LogP contribution in [0.25, 0.3) is 33.4 Å². The second-order valence-electron chi connectivity index (χ2n) is 21.4. The molecular formula is C55H56BN3O2. The first-order valence-corrected chi connectivity index (χ1v) is 21.8. The maximum atomic E-state index is 7.16. The molecule has 6 heteroatoms.